The number of carbonyl (C=O) groups excluding carboxylic acids is 2. The van der Waals surface area contributed by atoms with Gasteiger partial charge in [0.25, 0.3) is 5.91 Å². The molecule has 1 aromatic carbocycles. The summed E-state index contributed by atoms with van der Waals surface area (Å²) in [6.07, 6.45) is 0.346. The van der Waals surface area contributed by atoms with Gasteiger partial charge in [-0.2, -0.15) is 0 Å². The van der Waals surface area contributed by atoms with E-state index >= 15 is 0 Å². The van der Waals surface area contributed by atoms with Crippen LogP contribution >= 0.6 is 11.3 Å². The molecule has 3 N–H and O–H groups in total. The Hall–Kier alpha value is -2.14. The third-order valence-corrected chi connectivity index (χ3v) is 4.16. The molecule has 0 fully saturated rings. The number of hydrogen-bond donors (Lipinski definition) is 2. The van der Waals surface area contributed by atoms with Crippen LogP contribution in [0.4, 0.5) is 0 Å². The minimum atomic E-state index is -0.441. The van der Waals surface area contributed by atoms with Crippen molar-refractivity contribution >= 4 is 23.2 Å². The highest BCUT2D eigenvalue weighted by Gasteiger charge is 2.13. The van der Waals surface area contributed by atoms with Crippen LogP contribution in [-0.2, 0) is 11.2 Å². The van der Waals surface area contributed by atoms with E-state index in [-0.39, 0.29) is 11.9 Å². The molecule has 0 saturated heterocycles. The van der Waals surface area contributed by atoms with E-state index in [1.807, 2.05) is 43.3 Å². The monoisotopic (exact) mass is 288 g/mol. The zero-order chi connectivity index (χ0) is 14.5. The molecule has 0 aliphatic carbocycles. The van der Waals surface area contributed by atoms with Gasteiger partial charge in [-0.05, 0) is 24.6 Å². The number of thiophene rings is 1. The Bertz CT molecular complexity index is 607. The molecule has 1 atom stereocenters. The molecule has 0 bridgehead atoms. The average molecular weight is 288 g/mol. The number of benzene rings is 1. The van der Waals surface area contributed by atoms with Crippen LogP contribution in [0.5, 0.6) is 0 Å². The molecule has 1 aromatic heterocycles. The van der Waals surface area contributed by atoms with E-state index in [9.17, 15) is 9.59 Å². The summed E-state index contributed by atoms with van der Waals surface area (Å²) in [5, 5.41) is 2.92. The lowest BCUT2D eigenvalue weighted by atomic mass is 10.1. The lowest BCUT2D eigenvalue weighted by Crippen LogP contribution is -2.27. The van der Waals surface area contributed by atoms with Gasteiger partial charge in [0.2, 0.25) is 5.91 Å². The molecular weight excluding hydrogens is 272 g/mol. The van der Waals surface area contributed by atoms with E-state index in [4.69, 9.17) is 5.73 Å². The molecule has 1 heterocycles. The average Bonchev–Trinajstić information content (AvgIpc) is 2.89. The second-order valence-corrected chi connectivity index (χ2v) is 5.63. The largest absolute Gasteiger partial charge is 0.365 e. The molecule has 20 heavy (non-hydrogen) atoms. The summed E-state index contributed by atoms with van der Waals surface area (Å²) >= 11 is 1.31. The van der Waals surface area contributed by atoms with Crippen LogP contribution in [0.2, 0.25) is 0 Å². The Morgan fingerprint density at radius 2 is 1.90 bits per heavy atom. The van der Waals surface area contributed by atoms with Gasteiger partial charge in [-0.1, -0.05) is 30.3 Å². The van der Waals surface area contributed by atoms with Gasteiger partial charge in [0.05, 0.1) is 17.3 Å². The standard InChI is InChI=1S/C15H16N2O2S/c1-10(12-7-8-13(20-12)15(16)19)17-14(18)9-11-5-3-2-4-6-11/h2-8,10H,9H2,1H3,(H2,16,19)(H,17,18). The summed E-state index contributed by atoms with van der Waals surface area (Å²) < 4.78 is 0. The van der Waals surface area contributed by atoms with Gasteiger partial charge in [-0.15, -0.1) is 11.3 Å². The first-order chi connectivity index (χ1) is 9.56. The fourth-order valence-corrected chi connectivity index (χ4v) is 2.73. The van der Waals surface area contributed by atoms with Crippen LogP contribution in [-0.4, -0.2) is 11.8 Å². The van der Waals surface area contributed by atoms with Crippen LogP contribution in [0.15, 0.2) is 42.5 Å². The zero-order valence-electron chi connectivity index (χ0n) is 11.1. The van der Waals surface area contributed by atoms with Gasteiger partial charge in [0.1, 0.15) is 0 Å². The van der Waals surface area contributed by atoms with Crippen molar-refractivity contribution in [2.45, 2.75) is 19.4 Å². The topological polar surface area (TPSA) is 72.2 Å². The maximum atomic E-state index is 11.9. The normalized spacial score (nSPS) is 11.8. The van der Waals surface area contributed by atoms with Crippen molar-refractivity contribution in [3.05, 3.63) is 57.8 Å². The predicted octanol–water partition coefficient (Wildman–Crippen LogP) is 2.27. The van der Waals surface area contributed by atoms with Crippen molar-refractivity contribution < 1.29 is 9.59 Å². The molecule has 0 saturated carbocycles. The molecule has 0 radical (unpaired) electrons. The van der Waals surface area contributed by atoms with E-state index in [0.717, 1.165) is 10.4 Å². The van der Waals surface area contributed by atoms with Crippen LogP contribution in [0, 0.1) is 0 Å². The van der Waals surface area contributed by atoms with E-state index in [0.29, 0.717) is 11.3 Å². The molecule has 2 rings (SSSR count). The Kier molecular flexibility index (Phi) is 4.53. The Morgan fingerprint density at radius 3 is 2.50 bits per heavy atom. The van der Waals surface area contributed by atoms with Gasteiger partial charge in [0.15, 0.2) is 0 Å². The minimum Gasteiger partial charge on any atom is -0.365 e. The third-order valence-electron chi connectivity index (χ3n) is 2.88. The fraction of sp³-hybridized carbons (Fsp3) is 0.200. The number of primary amides is 1. The van der Waals surface area contributed by atoms with Crippen molar-refractivity contribution in [1.29, 1.82) is 0 Å². The van der Waals surface area contributed by atoms with E-state index < -0.39 is 5.91 Å². The SMILES string of the molecule is CC(NC(=O)Cc1ccccc1)c1ccc(C(N)=O)s1. The quantitative estimate of drug-likeness (QED) is 0.886. The van der Waals surface area contributed by atoms with Gasteiger partial charge < -0.3 is 11.1 Å². The smallest absolute Gasteiger partial charge is 0.258 e. The molecule has 104 valence electrons. The summed E-state index contributed by atoms with van der Waals surface area (Å²) in [4.78, 5) is 24.4. The summed E-state index contributed by atoms with van der Waals surface area (Å²) in [6, 6.07) is 12.9. The second kappa shape index (κ2) is 6.34. The lowest BCUT2D eigenvalue weighted by molar-refractivity contribution is -0.121. The number of nitrogens with two attached hydrogens (primary N) is 1. The van der Waals surface area contributed by atoms with Crippen LogP contribution in [0.25, 0.3) is 0 Å². The molecule has 4 nitrogen and oxygen atoms in total. The molecule has 2 amide bonds. The van der Waals surface area contributed by atoms with Gasteiger partial charge >= 0.3 is 0 Å². The second-order valence-electron chi connectivity index (χ2n) is 4.52. The third kappa shape index (κ3) is 3.68. The predicted molar refractivity (Wildman–Crippen MR) is 79.5 cm³/mol. The molecule has 1 unspecified atom stereocenters. The zero-order valence-corrected chi connectivity index (χ0v) is 11.9. The van der Waals surface area contributed by atoms with Crippen molar-refractivity contribution in [2.24, 2.45) is 5.73 Å². The Labute approximate surface area is 121 Å². The minimum absolute atomic E-state index is 0.0438. The molecule has 2 aromatic rings. The summed E-state index contributed by atoms with van der Waals surface area (Å²) in [5.74, 6) is -0.484. The van der Waals surface area contributed by atoms with Gasteiger partial charge in [-0.3, -0.25) is 9.59 Å². The van der Waals surface area contributed by atoms with Gasteiger partial charge in [0, 0.05) is 4.88 Å². The maximum absolute atomic E-state index is 11.9. The first-order valence-electron chi connectivity index (χ1n) is 6.29. The molecule has 5 heteroatoms. The van der Waals surface area contributed by atoms with E-state index in [2.05, 4.69) is 5.32 Å². The lowest BCUT2D eigenvalue weighted by Gasteiger charge is -2.12. The highest BCUT2D eigenvalue weighted by Crippen LogP contribution is 2.22. The van der Waals surface area contributed by atoms with Crippen LogP contribution in [0.1, 0.15) is 33.1 Å². The van der Waals surface area contributed by atoms with Crippen molar-refractivity contribution in [1.82, 2.24) is 5.32 Å². The fourth-order valence-electron chi connectivity index (χ4n) is 1.86. The number of amides is 2. The van der Waals surface area contributed by atoms with E-state index in [1.54, 1.807) is 6.07 Å². The molecule has 0 aliphatic rings. The Balaban J connectivity index is 1.95. The highest BCUT2D eigenvalue weighted by molar-refractivity contribution is 7.14. The molecular formula is C15H16N2O2S. The number of hydrogen-bond acceptors (Lipinski definition) is 3. The summed E-state index contributed by atoms with van der Waals surface area (Å²) in [7, 11) is 0. The highest BCUT2D eigenvalue weighted by atomic mass is 32.1. The molecule has 0 spiro atoms. The first kappa shape index (κ1) is 14.3. The van der Waals surface area contributed by atoms with E-state index in [1.165, 1.54) is 11.3 Å². The number of rotatable bonds is 5. The van der Waals surface area contributed by atoms with Crippen molar-refractivity contribution in [3.8, 4) is 0 Å². The first-order valence-corrected chi connectivity index (χ1v) is 7.10. The molecule has 0 aliphatic heterocycles. The maximum Gasteiger partial charge on any atom is 0.258 e. The van der Waals surface area contributed by atoms with Gasteiger partial charge in [-0.25, -0.2) is 0 Å². The van der Waals surface area contributed by atoms with Crippen LogP contribution < -0.4 is 11.1 Å². The number of nitrogens with one attached hydrogen (secondary N) is 1. The summed E-state index contributed by atoms with van der Waals surface area (Å²) in [6.45, 7) is 1.89. The van der Waals surface area contributed by atoms with Crippen molar-refractivity contribution in [2.75, 3.05) is 0 Å². The van der Waals surface area contributed by atoms with Crippen LogP contribution in [0.3, 0.4) is 0 Å². The summed E-state index contributed by atoms with van der Waals surface area (Å²) in [5.41, 5.74) is 6.19. The van der Waals surface area contributed by atoms with Crippen molar-refractivity contribution in [3.63, 3.8) is 0 Å². The number of carbonyl (C=O) groups is 2. The Morgan fingerprint density at radius 1 is 1.20 bits per heavy atom.